The van der Waals surface area contributed by atoms with E-state index in [1.165, 1.54) is 7.11 Å². The molecule has 2 heterocycles. The molecule has 0 aromatic heterocycles. The molecule has 1 aromatic rings. The third kappa shape index (κ3) is 2.64. The van der Waals surface area contributed by atoms with Gasteiger partial charge in [0, 0.05) is 23.2 Å². The van der Waals surface area contributed by atoms with Gasteiger partial charge in [-0.15, -0.1) is 0 Å². The number of rotatable bonds is 1. The van der Waals surface area contributed by atoms with Crippen molar-refractivity contribution < 1.29 is 14.3 Å². The first-order valence-electron chi connectivity index (χ1n) is 7.27. The number of aryl methyl sites for hydroxylation is 1. The number of amides is 1. The highest BCUT2D eigenvalue weighted by Crippen LogP contribution is 2.32. The van der Waals surface area contributed by atoms with Crippen molar-refractivity contribution in [1.82, 2.24) is 4.90 Å². The number of halogens is 1. The summed E-state index contributed by atoms with van der Waals surface area (Å²) in [5, 5.41) is 0.661. The lowest BCUT2D eigenvalue weighted by Crippen LogP contribution is -2.48. The number of benzene rings is 1. The van der Waals surface area contributed by atoms with Crippen molar-refractivity contribution in [3.63, 3.8) is 0 Å². The zero-order valence-electron chi connectivity index (χ0n) is 12.0. The minimum atomic E-state index is -0.221. The quantitative estimate of drug-likeness (QED) is 0.749. The second-order valence-electron chi connectivity index (χ2n) is 5.75. The van der Waals surface area contributed by atoms with Crippen LogP contribution in [0.1, 0.15) is 35.2 Å². The summed E-state index contributed by atoms with van der Waals surface area (Å²) in [5.74, 6) is -0.413. The molecule has 0 unspecified atom stereocenters. The van der Waals surface area contributed by atoms with Crippen molar-refractivity contribution in [1.29, 1.82) is 0 Å². The molecule has 0 spiro atoms. The molecule has 2 atom stereocenters. The van der Waals surface area contributed by atoms with Gasteiger partial charge in [0.25, 0.3) is 5.91 Å². The van der Waals surface area contributed by atoms with Crippen LogP contribution in [0.5, 0.6) is 0 Å². The van der Waals surface area contributed by atoms with Crippen molar-refractivity contribution in [3.8, 4) is 0 Å². The van der Waals surface area contributed by atoms with Crippen LogP contribution in [-0.4, -0.2) is 36.5 Å². The number of ether oxygens (including phenoxy) is 1. The highest BCUT2D eigenvalue weighted by Gasteiger charge is 2.37. The Labute approximate surface area is 129 Å². The molecule has 3 rings (SSSR count). The fourth-order valence-corrected chi connectivity index (χ4v) is 3.58. The number of methoxy groups -OCH3 is 1. The number of hydrogen-bond donors (Lipinski definition) is 0. The summed E-state index contributed by atoms with van der Waals surface area (Å²) in [6, 6.07) is 5.64. The molecule has 0 aliphatic carbocycles. The second kappa shape index (κ2) is 5.68. The lowest BCUT2D eigenvalue weighted by atomic mass is 9.91. The highest BCUT2D eigenvalue weighted by atomic mass is 35.5. The number of fused-ring (bicyclic) bond motifs is 2. The largest absolute Gasteiger partial charge is 0.469 e. The Kier molecular flexibility index (Phi) is 3.89. The molecule has 4 nitrogen and oxygen atoms in total. The Morgan fingerprint density at radius 3 is 2.90 bits per heavy atom. The summed E-state index contributed by atoms with van der Waals surface area (Å²) in [5.41, 5.74) is 1.73. The van der Waals surface area contributed by atoms with E-state index in [-0.39, 0.29) is 23.8 Å². The fraction of sp³-hybridized carbons (Fsp3) is 0.500. The van der Waals surface area contributed by atoms with E-state index in [0.717, 1.165) is 31.2 Å². The van der Waals surface area contributed by atoms with E-state index in [2.05, 4.69) is 0 Å². The predicted octanol–water partition coefficient (Wildman–Crippen LogP) is 2.68. The highest BCUT2D eigenvalue weighted by molar-refractivity contribution is 6.30. The van der Waals surface area contributed by atoms with E-state index in [1.54, 1.807) is 12.1 Å². The monoisotopic (exact) mass is 307 g/mol. The predicted molar refractivity (Wildman–Crippen MR) is 79.3 cm³/mol. The summed E-state index contributed by atoms with van der Waals surface area (Å²) in [6.07, 6.45) is 3.42. The molecule has 1 saturated heterocycles. The number of esters is 1. The Bertz CT molecular complexity index is 587. The first-order valence-corrected chi connectivity index (χ1v) is 7.65. The third-order valence-electron chi connectivity index (χ3n) is 4.55. The van der Waals surface area contributed by atoms with Gasteiger partial charge >= 0.3 is 5.97 Å². The molecule has 0 radical (unpaired) electrons. The zero-order valence-corrected chi connectivity index (χ0v) is 12.7. The van der Waals surface area contributed by atoms with Crippen LogP contribution in [0.25, 0.3) is 0 Å². The van der Waals surface area contributed by atoms with Gasteiger partial charge in [0.2, 0.25) is 0 Å². The topological polar surface area (TPSA) is 46.6 Å². The molecule has 21 heavy (non-hydrogen) atoms. The van der Waals surface area contributed by atoms with Crippen LogP contribution in [0, 0.1) is 5.92 Å². The summed E-state index contributed by atoms with van der Waals surface area (Å²) in [6.45, 7) is 0.457. The van der Waals surface area contributed by atoms with E-state index in [0.29, 0.717) is 17.1 Å². The van der Waals surface area contributed by atoms with Gasteiger partial charge in [-0.05, 0) is 49.4 Å². The standard InChI is InChI=1S/C16H18ClNO3/c1-21-16(20)11-3-6-13-5-2-10-8-12(17)4-7-14(10)15(19)18(13)9-11/h4,7-8,11,13H,2-3,5-6,9H2,1H3/t11-,13+/m0/s1. The number of piperidine rings is 1. The molecule has 0 bridgehead atoms. The van der Waals surface area contributed by atoms with Gasteiger partial charge in [-0.25, -0.2) is 0 Å². The maximum atomic E-state index is 12.8. The molecule has 0 N–H and O–H groups in total. The molecular weight excluding hydrogens is 290 g/mol. The van der Waals surface area contributed by atoms with Crippen LogP contribution in [0.2, 0.25) is 5.02 Å². The minimum Gasteiger partial charge on any atom is -0.469 e. The maximum Gasteiger partial charge on any atom is 0.310 e. The first kappa shape index (κ1) is 14.4. The SMILES string of the molecule is COC(=O)[C@H]1CC[C@H]2CCc3cc(Cl)ccc3C(=O)N2C1. The van der Waals surface area contributed by atoms with Crippen molar-refractivity contribution >= 4 is 23.5 Å². The molecule has 2 aliphatic heterocycles. The minimum absolute atomic E-state index is 0.0118. The normalized spacial score (nSPS) is 24.9. The van der Waals surface area contributed by atoms with Gasteiger partial charge in [0.15, 0.2) is 0 Å². The van der Waals surface area contributed by atoms with Gasteiger partial charge in [-0.1, -0.05) is 11.6 Å². The maximum absolute atomic E-state index is 12.8. The molecule has 1 fully saturated rings. The van der Waals surface area contributed by atoms with Gasteiger partial charge < -0.3 is 9.64 Å². The van der Waals surface area contributed by atoms with Crippen LogP contribution in [0.15, 0.2) is 18.2 Å². The summed E-state index contributed by atoms with van der Waals surface area (Å²) in [7, 11) is 1.40. The summed E-state index contributed by atoms with van der Waals surface area (Å²) < 4.78 is 4.83. The third-order valence-corrected chi connectivity index (χ3v) is 4.78. The van der Waals surface area contributed by atoms with Crippen LogP contribution in [-0.2, 0) is 16.0 Å². The Morgan fingerprint density at radius 2 is 2.14 bits per heavy atom. The Hall–Kier alpha value is -1.55. The molecule has 1 aromatic carbocycles. The van der Waals surface area contributed by atoms with Gasteiger partial charge in [0.05, 0.1) is 13.0 Å². The number of nitrogens with zero attached hydrogens (tertiary/aromatic N) is 1. The number of hydrogen-bond acceptors (Lipinski definition) is 3. The van der Waals surface area contributed by atoms with E-state index in [1.807, 2.05) is 11.0 Å². The lowest BCUT2D eigenvalue weighted by molar-refractivity contribution is -0.147. The average Bonchev–Trinajstić information content (AvgIpc) is 2.63. The van der Waals surface area contributed by atoms with Gasteiger partial charge in [-0.2, -0.15) is 0 Å². The zero-order chi connectivity index (χ0) is 15.0. The molecule has 1 amide bonds. The van der Waals surface area contributed by atoms with Gasteiger partial charge in [-0.3, -0.25) is 9.59 Å². The molecular formula is C16H18ClNO3. The second-order valence-corrected chi connectivity index (χ2v) is 6.19. The summed E-state index contributed by atoms with van der Waals surface area (Å²) >= 11 is 6.03. The number of carbonyl (C=O) groups excluding carboxylic acids is 2. The van der Waals surface area contributed by atoms with Gasteiger partial charge in [0.1, 0.15) is 0 Å². The fourth-order valence-electron chi connectivity index (χ4n) is 3.39. The first-order chi connectivity index (χ1) is 10.1. The van der Waals surface area contributed by atoms with E-state index in [9.17, 15) is 9.59 Å². The Balaban J connectivity index is 1.89. The molecule has 5 heteroatoms. The van der Waals surface area contributed by atoms with Crippen LogP contribution >= 0.6 is 11.6 Å². The molecule has 112 valence electrons. The molecule has 2 aliphatic rings. The van der Waals surface area contributed by atoms with Crippen LogP contribution in [0.4, 0.5) is 0 Å². The van der Waals surface area contributed by atoms with Crippen LogP contribution in [0.3, 0.4) is 0 Å². The van der Waals surface area contributed by atoms with Crippen LogP contribution < -0.4 is 0 Å². The lowest BCUT2D eigenvalue weighted by Gasteiger charge is -2.37. The summed E-state index contributed by atoms with van der Waals surface area (Å²) in [4.78, 5) is 26.4. The molecule has 0 saturated carbocycles. The van der Waals surface area contributed by atoms with E-state index < -0.39 is 0 Å². The Morgan fingerprint density at radius 1 is 1.33 bits per heavy atom. The van der Waals surface area contributed by atoms with Crippen molar-refractivity contribution in [2.45, 2.75) is 31.7 Å². The average molecular weight is 308 g/mol. The smallest absolute Gasteiger partial charge is 0.310 e. The number of carbonyl (C=O) groups is 2. The van der Waals surface area contributed by atoms with E-state index in [4.69, 9.17) is 16.3 Å². The van der Waals surface area contributed by atoms with Crippen molar-refractivity contribution in [2.75, 3.05) is 13.7 Å². The van der Waals surface area contributed by atoms with E-state index >= 15 is 0 Å². The van der Waals surface area contributed by atoms with Crippen molar-refractivity contribution in [3.05, 3.63) is 34.3 Å². The van der Waals surface area contributed by atoms with Crippen molar-refractivity contribution in [2.24, 2.45) is 5.92 Å².